The molecule has 0 bridgehead atoms. The summed E-state index contributed by atoms with van der Waals surface area (Å²) in [4.78, 5) is 0. The molecule has 0 amide bonds. The summed E-state index contributed by atoms with van der Waals surface area (Å²) in [6, 6.07) is 7.28. The van der Waals surface area contributed by atoms with Gasteiger partial charge in [0, 0.05) is 0 Å². The first kappa shape index (κ1) is 46.2. The van der Waals surface area contributed by atoms with Gasteiger partial charge in [-0.2, -0.15) is 0 Å². The Morgan fingerprint density at radius 3 is 0.694 bits per heavy atom. The molecule has 1 aromatic rings. The van der Waals surface area contributed by atoms with Crippen LogP contribution in [-0.4, -0.2) is 0 Å². The molecular weight excluding hydrogens is 589 g/mol. The van der Waals surface area contributed by atoms with Crippen LogP contribution in [0.1, 0.15) is 275 Å². The molecule has 0 aliphatic rings. The van der Waals surface area contributed by atoms with Gasteiger partial charge in [-0.05, 0) is 48.8 Å². The van der Waals surface area contributed by atoms with Crippen LogP contribution in [0.15, 0.2) is 18.2 Å². The van der Waals surface area contributed by atoms with E-state index in [2.05, 4.69) is 39.0 Å². The minimum absolute atomic E-state index is 1.28. The molecule has 0 saturated heterocycles. The molecule has 0 heteroatoms. The van der Waals surface area contributed by atoms with Crippen LogP contribution in [-0.2, 0) is 19.3 Å². The lowest BCUT2D eigenvalue weighted by Crippen LogP contribution is -2.01. The minimum Gasteiger partial charge on any atom is -0.0654 e. The number of unbranched alkanes of at least 4 members (excludes halogenated alkanes) is 34. The zero-order valence-corrected chi connectivity index (χ0v) is 34.5. The lowest BCUT2D eigenvalue weighted by atomic mass is 9.91. The number of rotatable bonds is 40. The normalized spacial score (nSPS) is 11.6. The highest BCUT2D eigenvalue weighted by Crippen LogP contribution is 2.23. The summed E-state index contributed by atoms with van der Waals surface area (Å²) in [5.41, 5.74) is 5.08. The number of aryl methyl sites for hydroxylation is 2. The molecule has 0 aliphatic heterocycles. The van der Waals surface area contributed by atoms with E-state index < -0.39 is 0 Å². The molecule has 0 heterocycles. The highest BCUT2D eigenvalue weighted by molar-refractivity contribution is 5.36. The molecule has 0 nitrogen and oxygen atoms in total. The minimum atomic E-state index is 1.28. The number of benzene rings is 1. The summed E-state index contributed by atoms with van der Waals surface area (Å²) in [6.45, 7) is 6.99. The monoisotopic (exact) mass is 681 g/mol. The van der Waals surface area contributed by atoms with E-state index in [1.165, 1.54) is 257 Å². The molecule has 49 heavy (non-hydrogen) atoms. The van der Waals surface area contributed by atoms with Crippen LogP contribution in [0.25, 0.3) is 0 Å². The second-order valence-electron chi connectivity index (χ2n) is 16.3. The summed E-state index contributed by atoms with van der Waals surface area (Å²) < 4.78 is 0. The predicted octanol–water partition coefficient (Wildman–Crippen LogP) is 17.8. The van der Waals surface area contributed by atoms with Gasteiger partial charge in [0.15, 0.2) is 0 Å². The van der Waals surface area contributed by atoms with Crippen LogP contribution in [0.5, 0.6) is 0 Å². The zero-order valence-electron chi connectivity index (χ0n) is 34.5. The lowest BCUT2D eigenvalue weighted by Gasteiger charge is -2.15. The van der Waals surface area contributed by atoms with Gasteiger partial charge >= 0.3 is 0 Å². The van der Waals surface area contributed by atoms with Crippen molar-refractivity contribution in [3.8, 4) is 0 Å². The molecule has 0 aromatic heterocycles. The fraction of sp³-hybridized carbons (Fsp3) is 0.878. The Morgan fingerprint density at radius 2 is 0.469 bits per heavy atom. The Balaban J connectivity index is 1.99. The molecule has 0 spiro atoms. The molecule has 0 N–H and O–H groups in total. The molecular formula is C49H92. The van der Waals surface area contributed by atoms with Crippen molar-refractivity contribution < 1.29 is 0 Å². The summed E-state index contributed by atoms with van der Waals surface area (Å²) in [5.74, 6) is 0. The SMILES string of the molecule is CCCCCCCCCCCCCCCCCCCCc1cccc(CCCCCCCCCCCCCCCCCCCC)c1CCC. The number of hydrogen-bond acceptors (Lipinski definition) is 0. The molecule has 0 atom stereocenters. The average molecular weight is 681 g/mol. The van der Waals surface area contributed by atoms with Crippen LogP contribution in [0.3, 0.4) is 0 Å². The van der Waals surface area contributed by atoms with E-state index in [1.54, 1.807) is 16.7 Å². The summed E-state index contributed by atoms with van der Waals surface area (Å²) >= 11 is 0. The van der Waals surface area contributed by atoms with E-state index in [0.29, 0.717) is 0 Å². The van der Waals surface area contributed by atoms with Gasteiger partial charge in [0.05, 0.1) is 0 Å². The van der Waals surface area contributed by atoms with E-state index in [9.17, 15) is 0 Å². The summed E-state index contributed by atoms with van der Waals surface area (Å²) in [7, 11) is 0. The number of hydrogen-bond donors (Lipinski definition) is 0. The third-order valence-corrected chi connectivity index (χ3v) is 11.5. The third kappa shape index (κ3) is 30.5. The van der Waals surface area contributed by atoms with Gasteiger partial charge in [-0.3, -0.25) is 0 Å². The van der Waals surface area contributed by atoms with Crippen LogP contribution in [0, 0.1) is 0 Å². The fourth-order valence-electron chi connectivity index (χ4n) is 8.16. The van der Waals surface area contributed by atoms with Crippen LogP contribution in [0.2, 0.25) is 0 Å². The first-order chi connectivity index (χ1) is 24.3. The molecule has 0 fully saturated rings. The van der Waals surface area contributed by atoms with Crippen molar-refractivity contribution in [1.29, 1.82) is 0 Å². The van der Waals surface area contributed by atoms with Crippen molar-refractivity contribution in [3.05, 3.63) is 34.9 Å². The van der Waals surface area contributed by atoms with Gasteiger partial charge in [-0.1, -0.05) is 264 Å². The van der Waals surface area contributed by atoms with Crippen molar-refractivity contribution in [2.24, 2.45) is 0 Å². The van der Waals surface area contributed by atoms with Crippen molar-refractivity contribution in [3.63, 3.8) is 0 Å². The van der Waals surface area contributed by atoms with Crippen molar-refractivity contribution in [2.45, 2.75) is 278 Å². The lowest BCUT2D eigenvalue weighted by molar-refractivity contribution is 0.524. The highest BCUT2D eigenvalue weighted by atomic mass is 14.1. The molecule has 0 radical (unpaired) electrons. The largest absolute Gasteiger partial charge is 0.0654 e. The Labute approximate surface area is 311 Å². The van der Waals surface area contributed by atoms with Gasteiger partial charge in [-0.15, -0.1) is 0 Å². The van der Waals surface area contributed by atoms with Gasteiger partial charge in [0.1, 0.15) is 0 Å². The van der Waals surface area contributed by atoms with Crippen LogP contribution < -0.4 is 0 Å². The maximum Gasteiger partial charge on any atom is -0.0276 e. The fourth-order valence-corrected chi connectivity index (χ4v) is 8.16. The third-order valence-electron chi connectivity index (χ3n) is 11.5. The van der Waals surface area contributed by atoms with Gasteiger partial charge in [-0.25, -0.2) is 0 Å². The predicted molar refractivity (Wildman–Crippen MR) is 225 cm³/mol. The molecule has 1 aromatic carbocycles. The van der Waals surface area contributed by atoms with Crippen LogP contribution in [0.4, 0.5) is 0 Å². The second kappa shape index (κ2) is 38.5. The zero-order chi connectivity index (χ0) is 35.1. The second-order valence-corrected chi connectivity index (χ2v) is 16.3. The quantitative estimate of drug-likeness (QED) is 0.0605. The standard InChI is InChI=1S/C49H92/c1-4-7-9-11-13-15-17-19-21-23-25-27-29-31-33-35-37-39-43-47-45-41-46-48(49(47)42-6-3)44-40-38-36-34-32-30-28-26-24-22-20-18-16-14-12-10-8-5-2/h41,45-46H,4-40,42-44H2,1-3H3. The maximum atomic E-state index is 2.46. The average Bonchev–Trinajstić information content (AvgIpc) is 3.11. The van der Waals surface area contributed by atoms with Crippen molar-refractivity contribution in [2.75, 3.05) is 0 Å². The Bertz CT molecular complexity index is 703. The summed E-state index contributed by atoms with van der Waals surface area (Å²) in [5, 5.41) is 0. The first-order valence-electron chi connectivity index (χ1n) is 23.4. The smallest absolute Gasteiger partial charge is 0.0276 e. The molecule has 288 valence electrons. The van der Waals surface area contributed by atoms with E-state index in [-0.39, 0.29) is 0 Å². The van der Waals surface area contributed by atoms with E-state index in [0.717, 1.165) is 0 Å². The van der Waals surface area contributed by atoms with Gasteiger partial charge in [0.2, 0.25) is 0 Å². The molecule has 0 saturated carbocycles. The highest BCUT2D eigenvalue weighted by Gasteiger charge is 2.08. The van der Waals surface area contributed by atoms with Gasteiger partial charge < -0.3 is 0 Å². The van der Waals surface area contributed by atoms with Crippen LogP contribution >= 0.6 is 0 Å². The van der Waals surface area contributed by atoms with Crippen molar-refractivity contribution in [1.82, 2.24) is 0 Å². The van der Waals surface area contributed by atoms with E-state index in [4.69, 9.17) is 0 Å². The molecule has 1 rings (SSSR count). The van der Waals surface area contributed by atoms with E-state index in [1.807, 2.05) is 0 Å². The molecule has 0 unspecified atom stereocenters. The Kier molecular flexibility index (Phi) is 36.3. The van der Waals surface area contributed by atoms with Gasteiger partial charge in [0.25, 0.3) is 0 Å². The Morgan fingerprint density at radius 1 is 0.245 bits per heavy atom. The van der Waals surface area contributed by atoms with E-state index >= 15 is 0 Å². The maximum absolute atomic E-state index is 2.46. The topological polar surface area (TPSA) is 0 Å². The summed E-state index contributed by atoms with van der Waals surface area (Å²) in [6.07, 6.45) is 57.6. The molecule has 0 aliphatic carbocycles. The first-order valence-corrected chi connectivity index (χ1v) is 23.4. The van der Waals surface area contributed by atoms with Crippen molar-refractivity contribution >= 4 is 0 Å². The Hall–Kier alpha value is -0.780.